The Labute approximate surface area is 125 Å². The molecule has 2 unspecified atom stereocenters. The molecule has 0 aromatic heterocycles. The van der Waals surface area contributed by atoms with Crippen LogP contribution in [-0.2, 0) is 16.0 Å². The van der Waals surface area contributed by atoms with E-state index < -0.39 is 0 Å². The SMILES string of the molecule is Cc1ccc(CC(=O)C2CC3COCC(C2)N3C)cc1F. The summed E-state index contributed by atoms with van der Waals surface area (Å²) in [6.07, 6.45) is 2.06. The van der Waals surface area contributed by atoms with Crippen LogP contribution in [-0.4, -0.2) is 43.0 Å². The number of rotatable bonds is 3. The van der Waals surface area contributed by atoms with Crippen LogP contribution in [0, 0.1) is 18.7 Å². The zero-order valence-electron chi connectivity index (χ0n) is 12.6. The van der Waals surface area contributed by atoms with Gasteiger partial charge in [-0.25, -0.2) is 4.39 Å². The molecule has 0 spiro atoms. The molecule has 3 nitrogen and oxygen atoms in total. The summed E-state index contributed by atoms with van der Waals surface area (Å²) in [6.45, 7) is 3.17. The van der Waals surface area contributed by atoms with Crippen LogP contribution >= 0.6 is 0 Å². The van der Waals surface area contributed by atoms with Gasteiger partial charge in [0.05, 0.1) is 13.2 Å². The highest BCUT2D eigenvalue weighted by atomic mass is 19.1. The summed E-state index contributed by atoms with van der Waals surface area (Å²) >= 11 is 0. The fraction of sp³-hybridized carbons (Fsp3) is 0.588. The summed E-state index contributed by atoms with van der Waals surface area (Å²) in [4.78, 5) is 14.9. The van der Waals surface area contributed by atoms with E-state index in [0.29, 0.717) is 24.1 Å². The van der Waals surface area contributed by atoms with Gasteiger partial charge in [-0.1, -0.05) is 12.1 Å². The van der Waals surface area contributed by atoms with Crippen LogP contribution in [0.2, 0.25) is 0 Å². The van der Waals surface area contributed by atoms with Crippen molar-refractivity contribution >= 4 is 5.78 Å². The normalized spacial score (nSPS) is 29.4. The van der Waals surface area contributed by atoms with Gasteiger partial charge < -0.3 is 4.74 Å². The summed E-state index contributed by atoms with van der Waals surface area (Å²) in [7, 11) is 2.12. The molecule has 4 heteroatoms. The number of halogens is 1. The Bertz CT molecular complexity index is 532. The molecular formula is C17H22FNO2. The second-order valence-corrected chi connectivity index (χ2v) is 6.41. The number of ether oxygens (including phenoxy) is 1. The van der Waals surface area contributed by atoms with Crippen molar-refractivity contribution < 1.29 is 13.9 Å². The molecule has 2 aliphatic heterocycles. The quantitative estimate of drug-likeness (QED) is 0.856. The lowest BCUT2D eigenvalue weighted by atomic mass is 9.81. The van der Waals surface area contributed by atoms with Crippen molar-refractivity contribution in [1.29, 1.82) is 0 Å². The number of ketones is 1. The first-order chi connectivity index (χ1) is 10.0. The number of likely N-dealkylation sites (N-methyl/N-ethyl adjacent to an activating group) is 1. The summed E-state index contributed by atoms with van der Waals surface area (Å²) in [5.74, 6) is 0.0988. The summed E-state index contributed by atoms with van der Waals surface area (Å²) in [5, 5.41) is 0. The van der Waals surface area contributed by atoms with Crippen molar-refractivity contribution in [1.82, 2.24) is 4.90 Å². The zero-order chi connectivity index (χ0) is 15.0. The minimum Gasteiger partial charge on any atom is -0.378 e. The molecule has 2 fully saturated rings. The fourth-order valence-corrected chi connectivity index (χ4v) is 3.45. The Morgan fingerprint density at radius 3 is 2.62 bits per heavy atom. The van der Waals surface area contributed by atoms with Crippen molar-refractivity contribution in [2.75, 3.05) is 20.3 Å². The van der Waals surface area contributed by atoms with Gasteiger partial charge in [0.25, 0.3) is 0 Å². The van der Waals surface area contributed by atoms with Gasteiger partial charge in [0.2, 0.25) is 0 Å². The van der Waals surface area contributed by atoms with E-state index in [0.717, 1.165) is 31.6 Å². The third-order valence-electron chi connectivity index (χ3n) is 4.96. The van der Waals surface area contributed by atoms with Crippen LogP contribution in [0.15, 0.2) is 18.2 Å². The van der Waals surface area contributed by atoms with Crippen molar-refractivity contribution in [2.24, 2.45) is 5.92 Å². The van der Waals surface area contributed by atoms with Gasteiger partial charge in [0.15, 0.2) is 0 Å². The topological polar surface area (TPSA) is 29.5 Å². The molecule has 3 rings (SSSR count). The second-order valence-electron chi connectivity index (χ2n) is 6.41. The molecule has 0 saturated carbocycles. The average Bonchev–Trinajstić information content (AvgIpc) is 2.42. The van der Waals surface area contributed by atoms with Crippen molar-refractivity contribution in [3.8, 4) is 0 Å². The molecule has 0 N–H and O–H groups in total. The number of aryl methyl sites for hydroxylation is 1. The molecule has 2 bridgehead atoms. The third-order valence-corrected chi connectivity index (χ3v) is 4.96. The van der Waals surface area contributed by atoms with Crippen LogP contribution in [0.1, 0.15) is 24.0 Å². The number of carbonyl (C=O) groups is 1. The van der Waals surface area contributed by atoms with E-state index in [4.69, 9.17) is 4.74 Å². The summed E-state index contributed by atoms with van der Waals surface area (Å²) < 4.78 is 19.2. The fourth-order valence-electron chi connectivity index (χ4n) is 3.45. The van der Waals surface area contributed by atoms with Crippen molar-refractivity contribution in [3.05, 3.63) is 35.1 Å². The van der Waals surface area contributed by atoms with Crippen LogP contribution in [0.3, 0.4) is 0 Å². The maximum Gasteiger partial charge on any atom is 0.140 e. The lowest BCUT2D eigenvalue weighted by Gasteiger charge is -2.46. The highest BCUT2D eigenvalue weighted by molar-refractivity contribution is 5.83. The molecule has 2 aliphatic rings. The molecule has 2 atom stereocenters. The van der Waals surface area contributed by atoms with Gasteiger partial charge in [0, 0.05) is 24.4 Å². The number of morpholine rings is 1. The molecule has 1 aromatic rings. The molecule has 114 valence electrons. The maximum atomic E-state index is 13.6. The Morgan fingerprint density at radius 1 is 1.33 bits per heavy atom. The molecular weight excluding hydrogens is 269 g/mol. The predicted molar refractivity (Wildman–Crippen MR) is 78.7 cm³/mol. The highest BCUT2D eigenvalue weighted by Crippen LogP contribution is 2.31. The van der Waals surface area contributed by atoms with Crippen LogP contribution < -0.4 is 0 Å². The highest BCUT2D eigenvalue weighted by Gasteiger charge is 2.39. The van der Waals surface area contributed by atoms with Crippen LogP contribution in [0.5, 0.6) is 0 Å². The van der Waals surface area contributed by atoms with Gasteiger partial charge in [-0.15, -0.1) is 0 Å². The minimum atomic E-state index is -0.228. The largest absolute Gasteiger partial charge is 0.378 e. The van der Waals surface area contributed by atoms with Crippen LogP contribution in [0.25, 0.3) is 0 Å². The number of hydrogen-bond donors (Lipinski definition) is 0. The standard InChI is InChI=1S/C17H22FNO2/c1-11-3-4-12(5-16(11)18)6-17(20)13-7-14-9-21-10-15(8-13)19(14)2/h3-5,13-15H,6-10H2,1-2H3. The smallest absolute Gasteiger partial charge is 0.140 e. The van der Waals surface area contributed by atoms with Gasteiger partial charge >= 0.3 is 0 Å². The predicted octanol–water partition coefficient (Wildman–Crippen LogP) is 2.35. The molecule has 0 aliphatic carbocycles. The van der Waals surface area contributed by atoms with Crippen molar-refractivity contribution in [2.45, 2.75) is 38.3 Å². The first-order valence-corrected chi connectivity index (χ1v) is 7.62. The van der Waals surface area contributed by atoms with Gasteiger partial charge in [-0.05, 0) is 44.0 Å². The zero-order valence-corrected chi connectivity index (χ0v) is 12.6. The molecule has 0 radical (unpaired) electrons. The van der Waals surface area contributed by atoms with Crippen LogP contribution in [0.4, 0.5) is 4.39 Å². The van der Waals surface area contributed by atoms with E-state index in [-0.39, 0.29) is 17.5 Å². The number of Topliss-reactive ketones (excluding diaryl/α,β-unsaturated/α-hetero) is 1. The number of nitrogens with zero attached hydrogens (tertiary/aromatic N) is 1. The number of carbonyl (C=O) groups excluding carboxylic acids is 1. The van der Waals surface area contributed by atoms with E-state index in [9.17, 15) is 9.18 Å². The Balaban J connectivity index is 1.67. The first-order valence-electron chi connectivity index (χ1n) is 7.62. The second kappa shape index (κ2) is 5.85. The number of hydrogen-bond acceptors (Lipinski definition) is 3. The average molecular weight is 291 g/mol. The van der Waals surface area contributed by atoms with E-state index in [1.807, 2.05) is 6.07 Å². The summed E-state index contributed by atoms with van der Waals surface area (Å²) in [5.41, 5.74) is 1.40. The Hall–Kier alpha value is -1.26. The molecule has 0 amide bonds. The summed E-state index contributed by atoms with van der Waals surface area (Å²) in [6, 6.07) is 5.79. The minimum absolute atomic E-state index is 0.0875. The molecule has 2 saturated heterocycles. The molecule has 1 aromatic carbocycles. The van der Waals surface area contributed by atoms with E-state index in [1.165, 1.54) is 6.07 Å². The maximum absolute atomic E-state index is 13.6. The van der Waals surface area contributed by atoms with Gasteiger partial charge in [-0.2, -0.15) is 0 Å². The molecule has 21 heavy (non-hydrogen) atoms. The lowest BCUT2D eigenvalue weighted by molar-refractivity contribution is -0.130. The van der Waals surface area contributed by atoms with Gasteiger partial charge in [0.1, 0.15) is 11.6 Å². The van der Waals surface area contributed by atoms with E-state index >= 15 is 0 Å². The first kappa shape index (κ1) is 14.7. The monoisotopic (exact) mass is 291 g/mol. The Morgan fingerprint density at radius 2 is 2.00 bits per heavy atom. The Kier molecular flexibility index (Phi) is 4.09. The number of fused-ring (bicyclic) bond motifs is 2. The third kappa shape index (κ3) is 3.01. The molecule has 2 heterocycles. The number of piperidine rings is 1. The van der Waals surface area contributed by atoms with Crippen molar-refractivity contribution in [3.63, 3.8) is 0 Å². The number of benzene rings is 1. The van der Waals surface area contributed by atoms with E-state index in [1.54, 1.807) is 13.0 Å². The van der Waals surface area contributed by atoms with Gasteiger partial charge in [-0.3, -0.25) is 9.69 Å². The van der Waals surface area contributed by atoms with E-state index in [2.05, 4.69) is 11.9 Å². The lowest BCUT2D eigenvalue weighted by Crippen LogP contribution is -2.55.